The summed E-state index contributed by atoms with van der Waals surface area (Å²) in [6.07, 6.45) is -10.9. The molecule has 32 heavy (non-hydrogen) atoms. The van der Waals surface area contributed by atoms with Gasteiger partial charge >= 0.3 is 5.97 Å². The van der Waals surface area contributed by atoms with Gasteiger partial charge in [0.2, 0.25) is 6.29 Å². The number of rotatable bonds is 5. The lowest BCUT2D eigenvalue weighted by Gasteiger charge is -2.41. The van der Waals surface area contributed by atoms with Crippen molar-refractivity contribution >= 4 is 5.97 Å². The van der Waals surface area contributed by atoms with Gasteiger partial charge in [-0.3, -0.25) is 0 Å². The second kappa shape index (κ2) is 10.00. The van der Waals surface area contributed by atoms with Crippen LogP contribution in [-0.2, 0) is 23.7 Å². The first-order valence-corrected chi connectivity index (χ1v) is 10.8. The minimum atomic E-state index is -1.69. The first-order chi connectivity index (χ1) is 14.9. The first kappa shape index (κ1) is 25.5. The molecule has 0 amide bonds. The van der Waals surface area contributed by atoms with E-state index in [1.165, 1.54) is 0 Å². The van der Waals surface area contributed by atoms with Crippen molar-refractivity contribution in [2.24, 2.45) is 5.41 Å². The average Bonchev–Trinajstić information content (AvgIpc) is 2.72. The highest BCUT2D eigenvalue weighted by atomic mass is 16.7. The Bertz CT molecular complexity index is 708. The van der Waals surface area contributed by atoms with Gasteiger partial charge in [-0.2, -0.15) is 0 Å². The van der Waals surface area contributed by atoms with Crippen molar-refractivity contribution < 1.29 is 54.4 Å². The molecular weight excluding hydrogens is 428 g/mol. The standard InChI is InChI=1S/C21H34O11/c1-9-5-4-6-21(2,3)12(9)18(28)32-20-17(27)15(25)14(24)11(31-20)8-30-19-16(26)13(23)10(22)7-29-19/h10-11,13-17,19-20,22-27H,4-8H2,1-3H3/t10-,11-,13-,14-,15+,16-,17-,19-,20+/m0/s1. The smallest absolute Gasteiger partial charge is 0.336 e. The minimum Gasteiger partial charge on any atom is -0.429 e. The largest absolute Gasteiger partial charge is 0.429 e. The normalized spacial score (nSPS) is 42.6. The van der Waals surface area contributed by atoms with Crippen LogP contribution in [-0.4, -0.2) is 105 Å². The van der Waals surface area contributed by atoms with E-state index in [4.69, 9.17) is 18.9 Å². The molecule has 0 unspecified atom stereocenters. The van der Waals surface area contributed by atoms with Gasteiger partial charge in [-0.05, 0) is 31.6 Å². The Hall–Kier alpha value is -1.15. The van der Waals surface area contributed by atoms with Crippen LogP contribution in [0.15, 0.2) is 11.1 Å². The van der Waals surface area contributed by atoms with Crippen molar-refractivity contribution in [1.82, 2.24) is 0 Å². The lowest BCUT2D eigenvalue weighted by Crippen LogP contribution is -2.60. The monoisotopic (exact) mass is 462 g/mol. The predicted molar refractivity (Wildman–Crippen MR) is 107 cm³/mol. The molecule has 0 saturated carbocycles. The molecule has 1 aliphatic carbocycles. The summed E-state index contributed by atoms with van der Waals surface area (Å²) in [5.74, 6) is -0.664. The number of carbonyl (C=O) groups is 1. The molecule has 6 N–H and O–H groups in total. The zero-order chi connectivity index (χ0) is 23.8. The highest BCUT2D eigenvalue weighted by Crippen LogP contribution is 2.41. The molecule has 3 rings (SSSR count). The van der Waals surface area contributed by atoms with Crippen LogP contribution in [0.5, 0.6) is 0 Å². The maximum absolute atomic E-state index is 12.9. The number of carbonyl (C=O) groups excluding carboxylic acids is 1. The predicted octanol–water partition coefficient (Wildman–Crippen LogP) is -1.68. The maximum atomic E-state index is 12.9. The van der Waals surface area contributed by atoms with Crippen molar-refractivity contribution in [1.29, 1.82) is 0 Å². The average molecular weight is 462 g/mol. The van der Waals surface area contributed by atoms with Crippen molar-refractivity contribution in [2.45, 2.75) is 95.3 Å². The highest BCUT2D eigenvalue weighted by Gasteiger charge is 2.47. The van der Waals surface area contributed by atoms with E-state index >= 15 is 0 Å². The number of esters is 1. The SMILES string of the molecule is CC1=C(C(=O)O[C@H]2O[C@@H](CO[C@@H]3OC[C@H](O)[C@H](O)[C@@H]3O)[C@H](O)[C@@H](O)[C@@H]2O)C(C)(C)CCC1. The van der Waals surface area contributed by atoms with E-state index in [0.717, 1.165) is 24.8 Å². The van der Waals surface area contributed by atoms with E-state index in [1.54, 1.807) is 0 Å². The van der Waals surface area contributed by atoms with Gasteiger partial charge in [-0.1, -0.05) is 19.4 Å². The fraction of sp³-hybridized carbons (Fsp3) is 0.857. The molecular formula is C21H34O11. The van der Waals surface area contributed by atoms with Crippen molar-refractivity contribution in [3.8, 4) is 0 Å². The molecule has 9 atom stereocenters. The number of allylic oxidation sites excluding steroid dienone is 1. The fourth-order valence-electron chi connectivity index (χ4n) is 4.51. The zero-order valence-corrected chi connectivity index (χ0v) is 18.5. The van der Waals surface area contributed by atoms with E-state index in [0.29, 0.717) is 5.57 Å². The van der Waals surface area contributed by atoms with Crippen LogP contribution in [0.3, 0.4) is 0 Å². The van der Waals surface area contributed by atoms with Gasteiger partial charge in [0.05, 0.1) is 13.2 Å². The summed E-state index contributed by atoms with van der Waals surface area (Å²) in [6, 6.07) is 0. The van der Waals surface area contributed by atoms with Gasteiger partial charge in [0, 0.05) is 5.57 Å². The summed E-state index contributed by atoms with van der Waals surface area (Å²) in [6.45, 7) is 5.02. The maximum Gasteiger partial charge on any atom is 0.336 e. The third-order valence-corrected chi connectivity index (χ3v) is 6.43. The molecule has 2 aliphatic heterocycles. The molecule has 0 radical (unpaired) electrons. The number of ether oxygens (including phenoxy) is 4. The molecule has 0 aromatic carbocycles. The molecule has 184 valence electrons. The molecule has 0 bridgehead atoms. The Kier molecular flexibility index (Phi) is 7.96. The van der Waals surface area contributed by atoms with Crippen LogP contribution >= 0.6 is 0 Å². The van der Waals surface area contributed by atoms with E-state index in [2.05, 4.69) is 0 Å². The van der Waals surface area contributed by atoms with Gasteiger partial charge in [0.15, 0.2) is 6.29 Å². The second-order valence-electron chi connectivity index (χ2n) is 9.40. The van der Waals surface area contributed by atoms with E-state index in [9.17, 15) is 35.4 Å². The highest BCUT2D eigenvalue weighted by molar-refractivity contribution is 5.91. The summed E-state index contributed by atoms with van der Waals surface area (Å²) in [4.78, 5) is 12.9. The summed E-state index contributed by atoms with van der Waals surface area (Å²) in [7, 11) is 0. The van der Waals surface area contributed by atoms with E-state index in [1.807, 2.05) is 20.8 Å². The van der Waals surface area contributed by atoms with Crippen molar-refractivity contribution in [3.05, 3.63) is 11.1 Å². The van der Waals surface area contributed by atoms with Gasteiger partial charge in [0.25, 0.3) is 0 Å². The molecule has 3 aliphatic rings. The molecule has 0 aromatic heterocycles. The molecule has 11 nitrogen and oxygen atoms in total. The third-order valence-electron chi connectivity index (χ3n) is 6.43. The van der Waals surface area contributed by atoms with Crippen molar-refractivity contribution in [2.75, 3.05) is 13.2 Å². The minimum absolute atomic E-state index is 0.275. The van der Waals surface area contributed by atoms with Crippen LogP contribution in [0.25, 0.3) is 0 Å². The van der Waals surface area contributed by atoms with Crippen LogP contribution in [0.4, 0.5) is 0 Å². The van der Waals surface area contributed by atoms with Crippen LogP contribution < -0.4 is 0 Å². The quantitative estimate of drug-likeness (QED) is 0.257. The molecule has 0 spiro atoms. The van der Waals surface area contributed by atoms with Gasteiger partial charge in [-0.15, -0.1) is 0 Å². The van der Waals surface area contributed by atoms with Gasteiger partial charge in [0.1, 0.15) is 42.7 Å². The topological polar surface area (TPSA) is 175 Å². The molecule has 2 saturated heterocycles. The lowest BCUT2D eigenvalue weighted by atomic mass is 9.73. The third kappa shape index (κ3) is 5.16. The number of hydrogen-bond acceptors (Lipinski definition) is 11. The summed E-state index contributed by atoms with van der Waals surface area (Å²) in [5, 5.41) is 60.0. The van der Waals surface area contributed by atoms with Gasteiger partial charge < -0.3 is 49.6 Å². The Morgan fingerprint density at radius 3 is 2.31 bits per heavy atom. The number of hydrogen-bond donors (Lipinski definition) is 6. The number of aliphatic hydroxyl groups is 6. The van der Waals surface area contributed by atoms with E-state index in [-0.39, 0.29) is 6.61 Å². The number of aliphatic hydroxyl groups excluding tert-OH is 6. The second-order valence-corrected chi connectivity index (χ2v) is 9.40. The fourth-order valence-corrected chi connectivity index (χ4v) is 4.51. The summed E-state index contributed by atoms with van der Waals surface area (Å²) < 4.78 is 21.4. The summed E-state index contributed by atoms with van der Waals surface area (Å²) >= 11 is 0. The van der Waals surface area contributed by atoms with E-state index < -0.39 is 73.3 Å². The summed E-state index contributed by atoms with van der Waals surface area (Å²) in [5.41, 5.74) is 0.972. The van der Waals surface area contributed by atoms with Gasteiger partial charge in [-0.25, -0.2) is 4.79 Å². The zero-order valence-electron chi connectivity index (χ0n) is 18.5. The molecule has 11 heteroatoms. The lowest BCUT2D eigenvalue weighted by molar-refractivity contribution is -0.314. The Morgan fingerprint density at radius 2 is 1.66 bits per heavy atom. The van der Waals surface area contributed by atoms with Crippen molar-refractivity contribution in [3.63, 3.8) is 0 Å². The molecule has 2 fully saturated rings. The Balaban J connectivity index is 1.66. The van der Waals surface area contributed by atoms with Crippen LogP contribution in [0.2, 0.25) is 0 Å². The first-order valence-electron chi connectivity index (χ1n) is 10.8. The van der Waals surface area contributed by atoms with Crippen LogP contribution in [0.1, 0.15) is 40.0 Å². The molecule has 0 aromatic rings. The Labute approximate surface area is 186 Å². The Morgan fingerprint density at radius 1 is 1.00 bits per heavy atom. The van der Waals surface area contributed by atoms with Crippen LogP contribution in [0, 0.1) is 5.41 Å². The molecule has 2 heterocycles.